The second kappa shape index (κ2) is 5.46. The lowest BCUT2D eigenvalue weighted by Crippen LogP contribution is -2.10. The van der Waals surface area contributed by atoms with E-state index >= 15 is 0 Å². The molecule has 20 heavy (non-hydrogen) atoms. The fraction of sp³-hybridized carbons (Fsp3) is 0.375. The van der Waals surface area contributed by atoms with E-state index in [1.807, 2.05) is 25.1 Å². The molecule has 1 unspecified atom stereocenters. The summed E-state index contributed by atoms with van der Waals surface area (Å²) in [5, 5.41) is 2.61. The molecular weight excluding hydrogens is 268 g/mol. The molecule has 4 heteroatoms. The molecule has 1 saturated carbocycles. The summed E-state index contributed by atoms with van der Waals surface area (Å²) in [5.41, 5.74) is 8.31. The Kier molecular flexibility index (Phi) is 3.68. The SMILES string of the molecule is CC(N)c1nc(C(=O)c2cccc(C3CCC3)c2)cs1. The lowest BCUT2D eigenvalue weighted by atomic mass is 9.79. The summed E-state index contributed by atoms with van der Waals surface area (Å²) in [6.07, 6.45) is 3.78. The minimum absolute atomic E-state index is 0.00526. The Labute approximate surface area is 122 Å². The molecule has 1 aromatic carbocycles. The Morgan fingerprint density at radius 2 is 2.25 bits per heavy atom. The van der Waals surface area contributed by atoms with E-state index in [0.29, 0.717) is 11.6 Å². The molecule has 3 rings (SSSR count). The van der Waals surface area contributed by atoms with Crippen LogP contribution in [0.2, 0.25) is 0 Å². The van der Waals surface area contributed by atoms with Crippen molar-refractivity contribution in [1.82, 2.24) is 4.98 Å². The molecule has 0 saturated heterocycles. The maximum atomic E-state index is 12.5. The summed E-state index contributed by atoms with van der Waals surface area (Å²) >= 11 is 1.45. The van der Waals surface area contributed by atoms with Crippen molar-refractivity contribution < 1.29 is 4.79 Å². The Balaban J connectivity index is 1.85. The summed E-state index contributed by atoms with van der Waals surface area (Å²) < 4.78 is 0. The molecule has 0 aliphatic heterocycles. The minimum Gasteiger partial charge on any atom is -0.322 e. The molecule has 1 fully saturated rings. The first-order valence-electron chi connectivity index (χ1n) is 7.01. The summed E-state index contributed by atoms with van der Waals surface area (Å²) in [5.74, 6) is 0.632. The quantitative estimate of drug-likeness (QED) is 0.873. The van der Waals surface area contributed by atoms with Crippen molar-refractivity contribution in [2.45, 2.75) is 38.1 Å². The van der Waals surface area contributed by atoms with E-state index in [-0.39, 0.29) is 11.8 Å². The number of carbonyl (C=O) groups is 1. The molecule has 1 aliphatic carbocycles. The van der Waals surface area contributed by atoms with Crippen LogP contribution < -0.4 is 5.73 Å². The molecule has 1 heterocycles. The number of hydrogen-bond acceptors (Lipinski definition) is 4. The van der Waals surface area contributed by atoms with E-state index in [4.69, 9.17) is 5.73 Å². The highest BCUT2D eigenvalue weighted by Crippen LogP contribution is 2.36. The zero-order valence-electron chi connectivity index (χ0n) is 11.5. The van der Waals surface area contributed by atoms with E-state index in [2.05, 4.69) is 11.1 Å². The minimum atomic E-state index is -0.122. The normalized spacial score (nSPS) is 16.7. The first-order valence-corrected chi connectivity index (χ1v) is 7.89. The number of carbonyl (C=O) groups excluding carboxylic acids is 1. The molecule has 0 bridgehead atoms. The summed E-state index contributed by atoms with van der Waals surface area (Å²) in [6, 6.07) is 7.86. The monoisotopic (exact) mass is 286 g/mol. The maximum absolute atomic E-state index is 12.5. The van der Waals surface area contributed by atoms with Gasteiger partial charge in [0.2, 0.25) is 5.78 Å². The molecule has 2 aromatic rings. The third-order valence-electron chi connectivity index (χ3n) is 3.87. The number of nitrogens with zero attached hydrogens (tertiary/aromatic N) is 1. The zero-order valence-corrected chi connectivity index (χ0v) is 12.3. The number of benzene rings is 1. The van der Waals surface area contributed by atoms with E-state index in [9.17, 15) is 4.79 Å². The van der Waals surface area contributed by atoms with Gasteiger partial charge in [-0.1, -0.05) is 24.6 Å². The Hall–Kier alpha value is -1.52. The molecule has 104 valence electrons. The average molecular weight is 286 g/mol. The summed E-state index contributed by atoms with van der Waals surface area (Å²) in [4.78, 5) is 16.8. The Morgan fingerprint density at radius 1 is 1.45 bits per heavy atom. The maximum Gasteiger partial charge on any atom is 0.212 e. The van der Waals surface area contributed by atoms with Crippen LogP contribution in [0.15, 0.2) is 29.6 Å². The van der Waals surface area contributed by atoms with Crippen LogP contribution in [-0.2, 0) is 0 Å². The summed E-state index contributed by atoms with van der Waals surface area (Å²) in [6.45, 7) is 1.88. The lowest BCUT2D eigenvalue weighted by molar-refractivity contribution is 0.103. The van der Waals surface area contributed by atoms with Crippen LogP contribution in [0, 0.1) is 0 Å². The molecule has 1 aliphatic rings. The fourth-order valence-corrected chi connectivity index (χ4v) is 3.18. The van der Waals surface area contributed by atoms with Gasteiger partial charge < -0.3 is 5.73 Å². The predicted octanol–water partition coefficient (Wildman–Crippen LogP) is 3.66. The van der Waals surface area contributed by atoms with Crippen LogP contribution in [0.25, 0.3) is 0 Å². The van der Waals surface area contributed by atoms with Gasteiger partial charge in [0.1, 0.15) is 10.7 Å². The first-order chi connectivity index (χ1) is 9.65. The molecule has 1 aromatic heterocycles. The van der Waals surface area contributed by atoms with Crippen molar-refractivity contribution in [1.29, 1.82) is 0 Å². The number of hydrogen-bond donors (Lipinski definition) is 1. The van der Waals surface area contributed by atoms with E-state index in [1.54, 1.807) is 5.38 Å². The van der Waals surface area contributed by atoms with Crippen LogP contribution in [0.3, 0.4) is 0 Å². The average Bonchev–Trinajstić information content (AvgIpc) is 2.86. The number of aromatic nitrogens is 1. The van der Waals surface area contributed by atoms with Crippen molar-refractivity contribution in [3.63, 3.8) is 0 Å². The Morgan fingerprint density at radius 3 is 2.85 bits per heavy atom. The predicted molar refractivity (Wildman–Crippen MR) is 81.2 cm³/mol. The van der Waals surface area contributed by atoms with Crippen molar-refractivity contribution in [3.05, 3.63) is 51.5 Å². The van der Waals surface area contributed by atoms with Crippen LogP contribution in [-0.4, -0.2) is 10.8 Å². The number of thiazole rings is 1. The van der Waals surface area contributed by atoms with Gasteiger partial charge in [-0.15, -0.1) is 11.3 Å². The van der Waals surface area contributed by atoms with Crippen molar-refractivity contribution in [2.75, 3.05) is 0 Å². The molecule has 0 spiro atoms. The Bertz CT molecular complexity index is 629. The highest BCUT2D eigenvalue weighted by Gasteiger charge is 2.21. The lowest BCUT2D eigenvalue weighted by Gasteiger charge is -2.25. The van der Waals surface area contributed by atoms with Gasteiger partial charge in [0, 0.05) is 10.9 Å². The van der Waals surface area contributed by atoms with Crippen LogP contribution in [0.1, 0.15) is 64.8 Å². The van der Waals surface area contributed by atoms with Gasteiger partial charge in [0.15, 0.2) is 0 Å². The van der Waals surface area contributed by atoms with Gasteiger partial charge in [0.25, 0.3) is 0 Å². The second-order valence-electron chi connectivity index (χ2n) is 5.44. The topological polar surface area (TPSA) is 56.0 Å². The van der Waals surface area contributed by atoms with Gasteiger partial charge in [-0.3, -0.25) is 4.79 Å². The zero-order chi connectivity index (χ0) is 14.1. The van der Waals surface area contributed by atoms with Crippen LogP contribution in [0.5, 0.6) is 0 Å². The van der Waals surface area contributed by atoms with Gasteiger partial charge in [-0.25, -0.2) is 4.98 Å². The standard InChI is InChI=1S/C16H18N2OS/c1-10(17)16-18-14(9-20-16)15(19)13-7-3-6-12(8-13)11-4-2-5-11/h3,6-11H,2,4-5,17H2,1H3. The highest BCUT2D eigenvalue weighted by atomic mass is 32.1. The molecule has 2 N–H and O–H groups in total. The van der Waals surface area contributed by atoms with Gasteiger partial charge in [-0.05, 0) is 37.3 Å². The van der Waals surface area contributed by atoms with Crippen LogP contribution in [0.4, 0.5) is 0 Å². The molecule has 3 nitrogen and oxygen atoms in total. The van der Waals surface area contributed by atoms with E-state index < -0.39 is 0 Å². The largest absolute Gasteiger partial charge is 0.322 e. The molecule has 0 radical (unpaired) electrons. The van der Waals surface area contributed by atoms with Gasteiger partial charge in [0.05, 0.1) is 6.04 Å². The van der Waals surface area contributed by atoms with Crippen LogP contribution >= 0.6 is 11.3 Å². The van der Waals surface area contributed by atoms with E-state index in [1.165, 1.54) is 36.2 Å². The fourth-order valence-electron chi connectivity index (χ4n) is 2.42. The van der Waals surface area contributed by atoms with Crippen molar-refractivity contribution in [3.8, 4) is 0 Å². The number of nitrogens with two attached hydrogens (primary N) is 1. The number of ketones is 1. The summed E-state index contributed by atoms with van der Waals surface area (Å²) in [7, 11) is 0. The first kappa shape index (κ1) is 13.5. The molecule has 1 atom stereocenters. The molecular formula is C16H18N2OS. The molecule has 0 amide bonds. The third kappa shape index (κ3) is 2.53. The van der Waals surface area contributed by atoms with Crippen molar-refractivity contribution in [2.24, 2.45) is 5.73 Å². The number of rotatable bonds is 4. The smallest absolute Gasteiger partial charge is 0.212 e. The third-order valence-corrected chi connectivity index (χ3v) is 4.92. The van der Waals surface area contributed by atoms with Gasteiger partial charge in [-0.2, -0.15) is 0 Å². The van der Waals surface area contributed by atoms with Gasteiger partial charge >= 0.3 is 0 Å². The second-order valence-corrected chi connectivity index (χ2v) is 6.33. The highest BCUT2D eigenvalue weighted by molar-refractivity contribution is 7.09. The van der Waals surface area contributed by atoms with E-state index in [0.717, 1.165) is 10.6 Å². The van der Waals surface area contributed by atoms with Crippen molar-refractivity contribution >= 4 is 17.1 Å².